The molecule has 0 saturated carbocycles. The van der Waals surface area contributed by atoms with E-state index in [0.29, 0.717) is 0 Å². The zero-order chi connectivity index (χ0) is 13.0. The Morgan fingerprint density at radius 1 is 1.39 bits per heavy atom. The molecule has 1 heterocycles. The van der Waals surface area contributed by atoms with Crippen molar-refractivity contribution in [2.45, 2.75) is 26.8 Å². The zero-order valence-corrected chi connectivity index (χ0v) is 12.2. The second kappa shape index (κ2) is 6.11. The third kappa shape index (κ3) is 2.97. The molecule has 2 aromatic rings. The molecule has 0 bridgehead atoms. The molecule has 0 unspecified atom stereocenters. The molecule has 0 radical (unpaired) electrons. The molecule has 0 saturated heterocycles. The van der Waals surface area contributed by atoms with Crippen LogP contribution in [0, 0.1) is 6.92 Å². The summed E-state index contributed by atoms with van der Waals surface area (Å²) >= 11 is 3.53. The van der Waals surface area contributed by atoms with Crippen LogP contribution in [0.25, 0.3) is 5.69 Å². The molecule has 96 valence electrons. The Morgan fingerprint density at radius 3 is 3.00 bits per heavy atom. The molecule has 0 fully saturated rings. The number of nitrogens with one attached hydrogen (secondary N) is 1. The Morgan fingerprint density at radius 2 is 2.22 bits per heavy atom. The molecule has 0 aliphatic heterocycles. The van der Waals surface area contributed by atoms with Gasteiger partial charge in [-0.05, 0) is 37.6 Å². The summed E-state index contributed by atoms with van der Waals surface area (Å²) in [5, 5.41) is 11.7. The van der Waals surface area contributed by atoms with Gasteiger partial charge in [-0.3, -0.25) is 0 Å². The first-order valence-electron chi connectivity index (χ1n) is 6.09. The Labute approximate surface area is 116 Å². The third-order valence-corrected chi connectivity index (χ3v) is 3.62. The van der Waals surface area contributed by atoms with Crippen molar-refractivity contribution in [2.24, 2.45) is 0 Å². The van der Waals surface area contributed by atoms with Gasteiger partial charge < -0.3 is 5.32 Å². The van der Waals surface area contributed by atoms with Crippen LogP contribution in [-0.4, -0.2) is 21.5 Å². The van der Waals surface area contributed by atoms with Gasteiger partial charge in [0, 0.05) is 11.0 Å². The molecular weight excluding hydrogens is 292 g/mol. The molecule has 2 rings (SSSR count). The summed E-state index contributed by atoms with van der Waals surface area (Å²) in [6.07, 6.45) is 3.09. The molecule has 0 spiro atoms. The first-order valence-corrected chi connectivity index (χ1v) is 6.89. The van der Waals surface area contributed by atoms with Crippen LogP contribution in [0.3, 0.4) is 0 Å². The highest BCUT2D eigenvalue weighted by atomic mass is 79.9. The Balaban J connectivity index is 2.16. The molecule has 0 aliphatic carbocycles. The predicted molar refractivity (Wildman–Crippen MR) is 75.8 cm³/mol. The van der Waals surface area contributed by atoms with Crippen molar-refractivity contribution in [2.75, 3.05) is 6.54 Å². The predicted octanol–water partition coefficient (Wildman–Crippen LogP) is 2.84. The van der Waals surface area contributed by atoms with Crippen LogP contribution in [0.2, 0.25) is 0 Å². The monoisotopic (exact) mass is 308 g/mol. The van der Waals surface area contributed by atoms with Crippen LogP contribution in [0.4, 0.5) is 0 Å². The number of hydrogen-bond acceptors (Lipinski definition) is 3. The molecule has 0 aliphatic rings. The fourth-order valence-electron chi connectivity index (χ4n) is 1.73. The fraction of sp³-hybridized carbons (Fsp3) is 0.385. The van der Waals surface area contributed by atoms with Gasteiger partial charge in [0.1, 0.15) is 0 Å². The summed E-state index contributed by atoms with van der Waals surface area (Å²) in [6, 6.07) is 6.07. The lowest BCUT2D eigenvalue weighted by molar-refractivity contribution is 0.662. The molecule has 1 N–H and O–H groups in total. The second-order valence-electron chi connectivity index (χ2n) is 4.22. The van der Waals surface area contributed by atoms with E-state index in [4.69, 9.17) is 0 Å². The molecule has 0 amide bonds. The normalized spacial score (nSPS) is 10.8. The summed E-state index contributed by atoms with van der Waals surface area (Å²) in [6.45, 7) is 5.98. The first-order chi connectivity index (χ1) is 8.72. The van der Waals surface area contributed by atoms with E-state index in [1.807, 2.05) is 29.1 Å². The van der Waals surface area contributed by atoms with E-state index in [1.165, 1.54) is 0 Å². The van der Waals surface area contributed by atoms with Crippen molar-refractivity contribution >= 4 is 15.9 Å². The smallest absolute Gasteiger partial charge is 0.0969 e. The second-order valence-corrected chi connectivity index (χ2v) is 5.07. The van der Waals surface area contributed by atoms with Crippen molar-refractivity contribution in [3.8, 4) is 5.69 Å². The highest BCUT2D eigenvalue weighted by molar-refractivity contribution is 9.10. The maximum Gasteiger partial charge on any atom is 0.0969 e. The average molecular weight is 309 g/mol. The van der Waals surface area contributed by atoms with E-state index in [0.717, 1.165) is 40.9 Å². The van der Waals surface area contributed by atoms with Gasteiger partial charge in [-0.1, -0.05) is 34.1 Å². The SMILES string of the molecule is CCCNCc1cn(-c2cccc(Br)c2C)nn1. The van der Waals surface area contributed by atoms with Gasteiger partial charge in [0.25, 0.3) is 0 Å². The van der Waals surface area contributed by atoms with Gasteiger partial charge in [0.2, 0.25) is 0 Å². The van der Waals surface area contributed by atoms with Crippen LogP contribution in [0.5, 0.6) is 0 Å². The standard InChI is InChI=1S/C13H17BrN4/c1-3-7-15-8-11-9-18(17-16-11)13-6-4-5-12(14)10(13)2/h4-6,9,15H,3,7-8H2,1-2H3. The van der Waals surface area contributed by atoms with Crippen LogP contribution in [0.1, 0.15) is 24.6 Å². The lowest BCUT2D eigenvalue weighted by Crippen LogP contribution is -2.13. The van der Waals surface area contributed by atoms with Crippen molar-refractivity contribution in [1.29, 1.82) is 0 Å². The fourth-order valence-corrected chi connectivity index (χ4v) is 2.09. The number of nitrogens with zero attached hydrogens (tertiary/aromatic N) is 3. The molecule has 1 aromatic carbocycles. The minimum Gasteiger partial charge on any atom is -0.311 e. The van der Waals surface area contributed by atoms with Crippen LogP contribution in [-0.2, 0) is 6.54 Å². The molecule has 5 heteroatoms. The van der Waals surface area contributed by atoms with Gasteiger partial charge in [-0.15, -0.1) is 5.10 Å². The van der Waals surface area contributed by atoms with Gasteiger partial charge in [0.05, 0.1) is 17.6 Å². The lowest BCUT2D eigenvalue weighted by Gasteiger charge is -2.06. The summed E-state index contributed by atoms with van der Waals surface area (Å²) in [7, 11) is 0. The van der Waals surface area contributed by atoms with E-state index in [9.17, 15) is 0 Å². The van der Waals surface area contributed by atoms with Crippen molar-refractivity contribution in [1.82, 2.24) is 20.3 Å². The van der Waals surface area contributed by atoms with Crippen molar-refractivity contribution in [3.63, 3.8) is 0 Å². The number of rotatable bonds is 5. The summed E-state index contributed by atoms with van der Waals surface area (Å²) in [5.41, 5.74) is 3.18. The van der Waals surface area contributed by atoms with Crippen molar-refractivity contribution < 1.29 is 0 Å². The molecule has 4 nitrogen and oxygen atoms in total. The lowest BCUT2D eigenvalue weighted by atomic mass is 10.2. The maximum atomic E-state index is 4.17. The first kappa shape index (κ1) is 13.2. The number of aromatic nitrogens is 3. The number of benzene rings is 1. The Hall–Kier alpha value is -1.20. The average Bonchev–Trinajstić information content (AvgIpc) is 2.82. The topological polar surface area (TPSA) is 42.7 Å². The Bertz CT molecular complexity index is 521. The number of halogens is 1. The van der Waals surface area contributed by atoms with E-state index < -0.39 is 0 Å². The van der Waals surface area contributed by atoms with Crippen LogP contribution < -0.4 is 5.32 Å². The Kier molecular flexibility index (Phi) is 4.49. The minimum atomic E-state index is 0.765. The summed E-state index contributed by atoms with van der Waals surface area (Å²) < 4.78 is 2.91. The van der Waals surface area contributed by atoms with Crippen molar-refractivity contribution in [3.05, 3.63) is 40.1 Å². The van der Waals surface area contributed by atoms with E-state index in [-0.39, 0.29) is 0 Å². The van der Waals surface area contributed by atoms with Gasteiger partial charge in [0.15, 0.2) is 0 Å². The van der Waals surface area contributed by atoms with Crippen LogP contribution >= 0.6 is 15.9 Å². The number of hydrogen-bond donors (Lipinski definition) is 1. The molecule has 0 atom stereocenters. The van der Waals surface area contributed by atoms with E-state index in [1.54, 1.807) is 0 Å². The highest BCUT2D eigenvalue weighted by Gasteiger charge is 2.06. The van der Waals surface area contributed by atoms with Gasteiger partial charge in [-0.2, -0.15) is 0 Å². The zero-order valence-electron chi connectivity index (χ0n) is 10.7. The molecular formula is C13H17BrN4. The molecule has 18 heavy (non-hydrogen) atoms. The van der Waals surface area contributed by atoms with E-state index >= 15 is 0 Å². The van der Waals surface area contributed by atoms with Gasteiger partial charge in [-0.25, -0.2) is 4.68 Å². The van der Waals surface area contributed by atoms with Crippen LogP contribution in [0.15, 0.2) is 28.9 Å². The third-order valence-electron chi connectivity index (χ3n) is 2.76. The highest BCUT2D eigenvalue weighted by Crippen LogP contribution is 2.21. The maximum absolute atomic E-state index is 4.17. The van der Waals surface area contributed by atoms with E-state index in [2.05, 4.69) is 45.4 Å². The molecule has 1 aromatic heterocycles. The quantitative estimate of drug-likeness (QED) is 0.864. The minimum absolute atomic E-state index is 0.765. The van der Waals surface area contributed by atoms with Gasteiger partial charge >= 0.3 is 0 Å². The summed E-state index contributed by atoms with van der Waals surface area (Å²) in [4.78, 5) is 0. The largest absolute Gasteiger partial charge is 0.311 e. The summed E-state index contributed by atoms with van der Waals surface area (Å²) in [5.74, 6) is 0.